The van der Waals surface area contributed by atoms with Crippen LogP contribution < -0.4 is 33.7 Å². The van der Waals surface area contributed by atoms with Crippen molar-refractivity contribution in [1.82, 2.24) is 20.1 Å². The van der Waals surface area contributed by atoms with Crippen LogP contribution >= 0.6 is 0 Å². The molecule has 0 aliphatic rings. The molecule has 1 amide bonds. The van der Waals surface area contributed by atoms with Crippen LogP contribution in [-0.4, -0.2) is 62.8 Å². The summed E-state index contributed by atoms with van der Waals surface area (Å²) in [5, 5.41) is 7.43. The van der Waals surface area contributed by atoms with Gasteiger partial charge in [0.15, 0.2) is 28.8 Å². The van der Waals surface area contributed by atoms with Crippen LogP contribution in [0, 0.1) is 0 Å². The number of nitrogens with zero attached hydrogens (tertiary/aromatic N) is 3. The Balaban J connectivity index is 1.72. The molecule has 0 spiro atoms. The Hall–Kier alpha value is -4.93. The Labute approximate surface area is 232 Å². The van der Waals surface area contributed by atoms with Crippen LogP contribution in [-0.2, 0) is 6.54 Å². The van der Waals surface area contributed by atoms with E-state index in [0.29, 0.717) is 58.2 Å². The number of amides is 1. The van der Waals surface area contributed by atoms with Crippen LogP contribution in [0.3, 0.4) is 0 Å². The Morgan fingerprint density at radius 3 is 2.02 bits per heavy atom. The van der Waals surface area contributed by atoms with Gasteiger partial charge in [-0.15, -0.1) is 5.10 Å². The number of aromatic nitrogens is 3. The van der Waals surface area contributed by atoms with Crippen LogP contribution in [0.25, 0.3) is 17.1 Å². The lowest BCUT2D eigenvalue weighted by Gasteiger charge is -2.14. The average Bonchev–Trinajstić information content (AvgIpc) is 3.45. The topological polar surface area (TPSA) is 115 Å². The molecule has 1 heterocycles. The maximum atomic E-state index is 13.2. The number of carbonyl (C=O) groups is 1. The van der Waals surface area contributed by atoms with Gasteiger partial charge in [0.1, 0.15) is 5.75 Å². The van der Waals surface area contributed by atoms with Gasteiger partial charge in [0.25, 0.3) is 5.91 Å². The molecule has 3 aromatic carbocycles. The molecule has 0 fully saturated rings. The summed E-state index contributed by atoms with van der Waals surface area (Å²) >= 11 is 0. The maximum Gasteiger partial charge on any atom is 0.291 e. The first-order valence-corrected chi connectivity index (χ1v) is 12.5. The summed E-state index contributed by atoms with van der Waals surface area (Å²) in [5.74, 6) is 3.14. The van der Waals surface area contributed by atoms with Crippen molar-refractivity contribution in [3.05, 3.63) is 66.0 Å². The maximum absolute atomic E-state index is 13.2. The quantitative estimate of drug-likeness (QED) is 0.277. The SMILES string of the molecule is CCOc1ccc(-n2nc(C(=O)NCc3ccc(OC)c(OC)c3)nc2-c2cc(OC)c(OC)c(OC)c2)cc1. The average molecular weight is 549 g/mol. The molecular weight excluding hydrogens is 516 g/mol. The summed E-state index contributed by atoms with van der Waals surface area (Å²) in [6.07, 6.45) is 0. The van der Waals surface area contributed by atoms with Gasteiger partial charge in [0.05, 0.1) is 47.8 Å². The highest BCUT2D eigenvalue weighted by Gasteiger charge is 2.22. The zero-order valence-corrected chi connectivity index (χ0v) is 23.3. The molecule has 4 rings (SSSR count). The summed E-state index contributed by atoms with van der Waals surface area (Å²) in [6.45, 7) is 2.70. The number of benzene rings is 3. The number of ether oxygens (including phenoxy) is 6. The van der Waals surface area contributed by atoms with E-state index < -0.39 is 5.91 Å². The second kappa shape index (κ2) is 12.7. The van der Waals surface area contributed by atoms with Gasteiger partial charge in [0, 0.05) is 12.1 Å². The zero-order chi connectivity index (χ0) is 28.6. The molecule has 0 bridgehead atoms. The van der Waals surface area contributed by atoms with E-state index in [-0.39, 0.29) is 12.4 Å². The molecule has 11 nitrogen and oxygen atoms in total. The van der Waals surface area contributed by atoms with Crippen molar-refractivity contribution in [3.63, 3.8) is 0 Å². The zero-order valence-electron chi connectivity index (χ0n) is 23.3. The molecule has 0 saturated heterocycles. The minimum atomic E-state index is -0.451. The van der Waals surface area contributed by atoms with Crippen molar-refractivity contribution in [2.24, 2.45) is 0 Å². The second-order valence-corrected chi connectivity index (χ2v) is 8.38. The number of nitrogens with one attached hydrogen (secondary N) is 1. The first-order valence-electron chi connectivity index (χ1n) is 12.5. The van der Waals surface area contributed by atoms with E-state index in [2.05, 4.69) is 15.4 Å². The molecule has 4 aromatic rings. The van der Waals surface area contributed by atoms with Crippen LogP contribution in [0.5, 0.6) is 34.5 Å². The first kappa shape index (κ1) is 28.1. The van der Waals surface area contributed by atoms with E-state index in [4.69, 9.17) is 28.4 Å². The highest BCUT2D eigenvalue weighted by Crippen LogP contribution is 2.41. The van der Waals surface area contributed by atoms with Gasteiger partial charge in [-0.2, -0.15) is 0 Å². The van der Waals surface area contributed by atoms with Crippen LogP contribution in [0.2, 0.25) is 0 Å². The first-order chi connectivity index (χ1) is 19.5. The molecular formula is C29H32N4O7. The Kier molecular flexibility index (Phi) is 8.95. The normalized spacial score (nSPS) is 10.6. The van der Waals surface area contributed by atoms with Gasteiger partial charge < -0.3 is 33.7 Å². The standard InChI is InChI=1S/C29H32N4O7/c1-7-40-21-11-9-20(10-12-21)33-28(19-15-24(37-4)26(39-6)25(16-19)38-5)31-27(32-33)29(34)30-17-18-8-13-22(35-2)23(14-18)36-3/h8-16H,7,17H2,1-6H3,(H,30,34). The number of hydrogen-bond acceptors (Lipinski definition) is 9. The molecule has 210 valence electrons. The molecule has 0 unspecified atom stereocenters. The molecule has 0 saturated carbocycles. The van der Waals surface area contributed by atoms with Gasteiger partial charge >= 0.3 is 0 Å². The predicted octanol–water partition coefficient (Wildman–Crippen LogP) is 4.31. The predicted molar refractivity (Wildman–Crippen MR) is 148 cm³/mol. The van der Waals surface area contributed by atoms with E-state index in [1.54, 1.807) is 43.2 Å². The Morgan fingerprint density at radius 2 is 1.45 bits per heavy atom. The van der Waals surface area contributed by atoms with Crippen molar-refractivity contribution in [3.8, 4) is 51.6 Å². The minimum absolute atomic E-state index is 0.0156. The fraction of sp³-hybridized carbons (Fsp3) is 0.276. The third-order valence-electron chi connectivity index (χ3n) is 6.03. The molecule has 1 aromatic heterocycles. The van der Waals surface area contributed by atoms with Gasteiger partial charge in [-0.3, -0.25) is 4.79 Å². The van der Waals surface area contributed by atoms with E-state index in [1.807, 2.05) is 37.3 Å². The van der Waals surface area contributed by atoms with Crippen molar-refractivity contribution < 1.29 is 33.2 Å². The van der Waals surface area contributed by atoms with Crippen molar-refractivity contribution in [2.75, 3.05) is 42.2 Å². The Morgan fingerprint density at radius 1 is 0.800 bits per heavy atom. The lowest BCUT2D eigenvalue weighted by Crippen LogP contribution is -2.24. The summed E-state index contributed by atoms with van der Waals surface area (Å²) in [5.41, 5.74) is 2.11. The van der Waals surface area contributed by atoms with Crippen molar-refractivity contribution in [2.45, 2.75) is 13.5 Å². The van der Waals surface area contributed by atoms with E-state index in [9.17, 15) is 4.79 Å². The highest BCUT2D eigenvalue weighted by atomic mass is 16.5. The van der Waals surface area contributed by atoms with Crippen LogP contribution in [0.1, 0.15) is 23.1 Å². The van der Waals surface area contributed by atoms with Gasteiger partial charge in [-0.05, 0) is 61.0 Å². The van der Waals surface area contributed by atoms with Crippen LogP contribution in [0.15, 0.2) is 54.6 Å². The number of hydrogen-bond donors (Lipinski definition) is 1. The monoisotopic (exact) mass is 548 g/mol. The van der Waals surface area contributed by atoms with E-state index in [0.717, 1.165) is 5.56 Å². The largest absolute Gasteiger partial charge is 0.494 e. The molecule has 11 heteroatoms. The molecule has 40 heavy (non-hydrogen) atoms. The molecule has 0 aliphatic heterocycles. The van der Waals surface area contributed by atoms with Gasteiger partial charge in [0.2, 0.25) is 11.6 Å². The van der Waals surface area contributed by atoms with Crippen molar-refractivity contribution >= 4 is 5.91 Å². The smallest absolute Gasteiger partial charge is 0.291 e. The van der Waals surface area contributed by atoms with Gasteiger partial charge in [-0.1, -0.05) is 6.07 Å². The molecule has 0 atom stereocenters. The Bertz CT molecular complexity index is 1440. The van der Waals surface area contributed by atoms with Gasteiger partial charge in [-0.25, -0.2) is 9.67 Å². The van der Waals surface area contributed by atoms with E-state index in [1.165, 1.54) is 21.3 Å². The second-order valence-electron chi connectivity index (χ2n) is 8.38. The summed E-state index contributed by atoms with van der Waals surface area (Å²) < 4.78 is 34.3. The third-order valence-corrected chi connectivity index (χ3v) is 6.03. The molecule has 0 aliphatic carbocycles. The lowest BCUT2D eigenvalue weighted by atomic mass is 10.1. The van der Waals surface area contributed by atoms with Crippen molar-refractivity contribution in [1.29, 1.82) is 0 Å². The summed E-state index contributed by atoms with van der Waals surface area (Å²) in [6, 6.07) is 16.3. The lowest BCUT2D eigenvalue weighted by molar-refractivity contribution is 0.0940. The number of methoxy groups -OCH3 is 5. The fourth-order valence-electron chi connectivity index (χ4n) is 4.09. The highest BCUT2D eigenvalue weighted by molar-refractivity contribution is 5.91. The number of rotatable bonds is 12. The summed E-state index contributed by atoms with van der Waals surface area (Å²) in [4.78, 5) is 17.8. The number of carbonyl (C=O) groups excluding carboxylic acids is 1. The molecule has 1 N–H and O–H groups in total. The summed E-state index contributed by atoms with van der Waals surface area (Å²) in [7, 11) is 7.72. The molecule has 0 radical (unpaired) electrons. The van der Waals surface area contributed by atoms with E-state index >= 15 is 0 Å². The van der Waals surface area contributed by atoms with Crippen LogP contribution in [0.4, 0.5) is 0 Å². The fourth-order valence-corrected chi connectivity index (χ4v) is 4.09. The third kappa shape index (κ3) is 5.88. The minimum Gasteiger partial charge on any atom is -0.494 e.